The van der Waals surface area contributed by atoms with Gasteiger partial charge in [-0.2, -0.15) is 0 Å². The second-order valence-electron chi connectivity index (χ2n) is 4.87. The fourth-order valence-corrected chi connectivity index (χ4v) is 2.35. The van der Waals surface area contributed by atoms with Crippen LogP contribution in [0.3, 0.4) is 0 Å². The summed E-state index contributed by atoms with van der Waals surface area (Å²) in [6.45, 7) is 0.207. The van der Waals surface area contributed by atoms with Gasteiger partial charge in [-0.05, 0) is 37.0 Å². The molecule has 1 fully saturated rings. The largest absolute Gasteiger partial charge is 0.496 e. The molecule has 1 aliphatic carbocycles. The normalized spacial score (nSPS) is 13.9. The van der Waals surface area contributed by atoms with Gasteiger partial charge < -0.3 is 14.7 Å². The number of aliphatic carboxylic acids is 1. The van der Waals surface area contributed by atoms with Gasteiger partial charge in [0.1, 0.15) is 12.3 Å². The van der Waals surface area contributed by atoms with Gasteiger partial charge in [-0.1, -0.05) is 15.9 Å². The average molecular weight is 342 g/mol. The number of carbonyl (C=O) groups excluding carboxylic acids is 1. The summed E-state index contributed by atoms with van der Waals surface area (Å²) in [5.74, 6) is -0.436. The first-order valence-electron chi connectivity index (χ1n) is 6.36. The second kappa shape index (κ2) is 6.26. The maximum absolute atomic E-state index is 12.5. The third-order valence-electron chi connectivity index (χ3n) is 3.18. The van der Waals surface area contributed by atoms with Crippen LogP contribution in [0.25, 0.3) is 0 Å². The van der Waals surface area contributed by atoms with Crippen LogP contribution < -0.4 is 4.74 Å². The van der Waals surface area contributed by atoms with Gasteiger partial charge >= 0.3 is 5.97 Å². The molecule has 0 aliphatic heterocycles. The highest BCUT2D eigenvalue weighted by molar-refractivity contribution is 9.10. The summed E-state index contributed by atoms with van der Waals surface area (Å²) >= 11 is 3.31. The molecule has 0 spiro atoms. The van der Waals surface area contributed by atoms with E-state index in [9.17, 15) is 9.59 Å². The topological polar surface area (TPSA) is 66.8 Å². The Morgan fingerprint density at radius 3 is 2.70 bits per heavy atom. The first kappa shape index (κ1) is 14.8. The van der Waals surface area contributed by atoms with Crippen LogP contribution in [0, 0.1) is 5.92 Å². The number of carboxylic acids is 1. The van der Waals surface area contributed by atoms with Crippen molar-refractivity contribution in [3.05, 3.63) is 28.2 Å². The van der Waals surface area contributed by atoms with E-state index in [1.165, 1.54) is 12.0 Å². The molecule has 1 aromatic rings. The highest BCUT2D eigenvalue weighted by Gasteiger charge is 2.29. The Balaban J connectivity index is 2.23. The van der Waals surface area contributed by atoms with Crippen molar-refractivity contribution in [2.45, 2.75) is 12.8 Å². The van der Waals surface area contributed by atoms with E-state index in [1.807, 2.05) is 0 Å². The van der Waals surface area contributed by atoms with E-state index in [0.717, 1.165) is 17.3 Å². The molecule has 0 heterocycles. The van der Waals surface area contributed by atoms with Crippen molar-refractivity contribution >= 4 is 27.8 Å². The smallest absolute Gasteiger partial charge is 0.323 e. The van der Waals surface area contributed by atoms with Crippen molar-refractivity contribution in [2.24, 2.45) is 5.92 Å². The molecule has 108 valence electrons. The molecule has 1 amide bonds. The van der Waals surface area contributed by atoms with Gasteiger partial charge in [0.05, 0.1) is 12.7 Å². The molecule has 0 saturated heterocycles. The number of methoxy groups -OCH3 is 1. The molecule has 0 bridgehead atoms. The molecule has 1 aliphatic rings. The summed E-state index contributed by atoms with van der Waals surface area (Å²) < 4.78 is 6.00. The second-order valence-corrected chi connectivity index (χ2v) is 5.78. The molecule has 20 heavy (non-hydrogen) atoms. The maximum atomic E-state index is 12.5. The van der Waals surface area contributed by atoms with Gasteiger partial charge in [0.25, 0.3) is 5.91 Å². The molecule has 1 N–H and O–H groups in total. The number of amides is 1. The van der Waals surface area contributed by atoms with Crippen molar-refractivity contribution < 1.29 is 19.4 Å². The Morgan fingerprint density at radius 2 is 2.15 bits per heavy atom. The van der Waals surface area contributed by atoms with Crippen LogP contribution in [0.15, 0.2) is 22.7 Å². The fourth-order valence-electron chi connectivity index (χ4n) is 2.01. The van der Waals surface area contributed by atoms with Crippen molar-refractivity contribution in [3.63, 3.8) is 0 Å². The lowest BCUT2D eigenvalue weighted by Gasteiger charge is -2.21. The molecule has 0 aromatic heterocycles. The van der Waals surface area contributed by atoms with Gasteiger partial charge in [-0.3, -0.25) is 9.59 Å². The molecule has 5 nitrogen and oxygen atoms in total. The molecule has 1 aromatic carbocycles. The molecule has 0 unspecified atom stereocenters. The van der Waals surface area contributed by atoms with Crippen LogP contribution in [0.1, 0.15) is 23.2 Å². The van der Waals surface area contributed by atoms with E-state index in [1.54, 1.807) is 18.2 Å². The van der Waals surface area contributed by atoms with Gasteiger partial charge in [0, 0.05) is 11.0 Å². The lowest BCUT2D eigenvalue weighted by molar-refractivity contribution is -0.137. The first-order chi connectivity index (χ1) is 9.51. The molecular weight excluding hydrogens is 326 g/mol. The van der Waals surface area contributed by atoms with Crippen LogP contribution in [0.2, 0.25) is 0 Å². The first-order valence-corrected chi connectivity index (χ1v) is 7.15. The standard InChI is InChI=1S/C14H16BrNO4/c1-20-12-6-10(15)4-5-11(12)14(19)16(8-13(17)18)7-9-2-3-9/h4-6,9H,2-3,7-8H2,1H3,(H,17,18). The van der Waals surface area contributed by atoms with Crippen LogP contribution in [-0.2, 0) is 4.79 Å². The lowest BCUT2D eigenvalue weighted by Crippen LogP contribution is -2.37. The maximum Gasteiger partial charge on any atom is 0.323 e. The van der Waals surface area contributed by atoms with Crippen LogP contribution in [-0.4, -0.2) is 42.1 Å². The Morgan fingerprint density at radius 1 is 1.45 bits per heavy atom. The predicted molar refractivity (Wildman–Crippen MR) is 77.0 cm³/mol. The summed E-state index contributed by atoms with van der Waals surface area (Å²) in [6.07, 6.45) is 2.11. The summed E-state index contributed by atoms with van der Waals surface area (Å²) in [7, 11) is 1.49. The third-order valence-corrected chi connectivity index (χ3v) is 3.68. The van der Waals surface area contributed by atoms with E-state index < -0.39 is 5.97 Å². The van der Waals surface area contributed by atoms with Gasteiger partial charge in [0.2, 0.25) is 0 Å². The van der Waals surface area contributed by atoms with Crippen LogP contribution in [0.5, 0.6) is 5.75 Å². The zero-order chi connectivity index (χ0) is 14.7. The molecule has 1 saturated carbocycles. The molecule has 0 atom stereocenters. The SMILES string of the molecule is COc1cc(Br)ccc1C(=O)N(CC(=O)O)CC1CC1. The van der Waals surface area contributed by atoms with E-state index in [0.29, 0.717) is 23.8 Å². The van der Waals surface area contributed by atoms with Crippen molar-refractivity contribution in [3.8, 4) is 5.75 Å². The van der Waals surface area contributed by atoms with E-state index in [-0.39, 0.29) is 12.5 Å². The minimum atomic E-state index is -1.00. The number of carbonyl (C=O) groups is 2. The monoisotopic (exact) mass is 341 g/mol. The number of carboxylic acid groups (broad SMARTS) is 1. The van der Waals surface area contributed by atoms with Gasteiger partial charge in [-0.25, -0.2) is 0 Å². The van der Waals surface area contributed by atoms with Crippen LogP contribution >= 0.6 is 15.9 Å². The highest BCUT2D eigenvalue weighted by atomic mass is 79.9. The average Bonchev–Trinajstić information content (AvgIpc) is 3.20. The Kier molecular flexibility index (Phi) is 4.65. The third kappa shape index (κ3) is 3.72. The number of hydrogen-bond acceptors (Lipinski definition) is 3. The zero-order valence-electron chi connectivity index (χ0n) is 11.1. The molecule has 6 heteroatoms. The van der Waals surface area contributed by atoms with Crippen molar-refractivity contribution in [1.82, 2.24) is 4.90 Å². The number of nitrogens with zero attached hydrogens (tertiary/aromatic N) is 1. The fraction of sp³-hybridized carbons (Fsp3) is 0.429. The van der Waals surface area contributed by atoms with E-state index >= 15 is 0 Å². The van der Waals surface area contributed by atoms with E-state index in [4.69, 9.17) is 9.84 Å². The zero-order valence-corrected chi connectivity index (χ0v) is 12.7. The lowest BCUT2D eigenvalue weighted by atomic mass is 10.1. The quantitative estimate of drug-likeness (QED) is 0.862. The van der Waals surface area contributed by atoms with Gasteiger partial charge in [-0.15, -0.1) is 0 Å². The summed E-state index contributed by atoms with van der Waals surface area (Å²) in [6, 6.07) is 5.09. The number of rotatable bonds is 6. The number of ether oxygens (including phenoxy) is 1. The van der Waals surface area contributed by atoms with Gasteiger partial charge in [0.15, 0.2) is 0 Å². The minimum Gasteiger partial charge on any atom is -0.496 e. The van der Waals surface area contributed by atoms with Crippen molar-refractivity contribution in [2.75, 3.05) is 20.2 Å². The molecular formula is C14H16BrNO4. The van der Waals surface area contributed by atoms with Crippen molar-refractivity contribution in [1.29, 1.82) is 0 Å². The Bertz CT molecular complexity index is 528. The van der Waals surface area contributed by atoms with Crippen LogP contribution in [0.4, 0.5) is 0 Å². The Hall–Kier alpha value is -1.56. The predicted octanol–water partition coefficient (Wildman–Crippen LogP) is 2.39. The van der Waals surface area contributed by atoms with E-state index in [2.05, 4.69) is 15.9 Å². The Labute approximate surface area is 125 Å². The summed E-state index contributed by atoms with van der Waals surface area (Å²) in [5, 5.41) is 8.95. The molecule has 2 rings (SSSR count). The molecule has 0 radical (unpaired) electrons. The highest BCUT2D eigenvalue weighted by Crippen LogP contribution is 2.31. The number of halogens is 1. The minimum absolute atomic E-state index is 0.283. The summed E-state index contributed by atoms with van der Waals surface area (Å²) in [5.41, 5.74) is 0.387. The number of benzene rings is 1. The number of hydrogen-bond donors (Lipinski definition) is 1. The summed E-state index contributed by atoms with van der Waals surface area (Å²) in [4.78, 5) is 24.8.